The molecule has 0 radical (unpaired) electrons. The van der Waals surface area contributed by atoms with Gasteiger partial charge in [0, 0.05) is 28.9 Å². The highest BCUT2D eigenvalue weighted by Gasteiger charge is 2.15. The third kappa shape index (κ3) is 1.95. The van der Waals surface area contributed by atoms with Gasteiger partial charge in [0.25, 0.3) is 0 Å². The second-order valence-corrected chi connectivity index (χ2v) is 4.62. The predicted octanol–water partition coefficient (Wildman–Crippen LogP) is 3.11. The monoisotopic (exact) mass is 266 g/mol. The van der Waals surface area contributed by atoms with E-state index in [1.165, 1.54) is 0 Å². The molecule has 0 atom stereocenters. The molecule has 2 heterocycles. The fraction of sp³-hybridized carbons (Fsp3) is 0.125. The molecule has 3 rings (SSSR count). The first kappa shape index (κ1) is 12.4. The first-order valence-corrected chi connectivity index (χ1v) is 6.32. The van der Waals surface area contributed by atoms with Crippen LogP contribution < -0.4 is 4.74 Å². The summed E-state index contributed by atoms with van der Waals surface area (Å²) in [4.78, 5) is 19.8. The van der Waals surface area contributed by atoms with Crippen LogP contribution in [0.2, 0.25) is 0 Å². The van der Waals surface area contributed by atoms with Crippen LogP contribution in [0.15, 0.2) is 42.7 Å². The van der Waals surface area contributed by atoms with Gasteiger partial charge in [0.2, 0.25) is 0 Å². The number of pyridine rings is 1. The van der Waals surface area contributed by atoms with Crippen LogP contribution in [0.3, 0.4) is 0 Å². The highest BCUT2D eigenvalue weighted by atomic mass is 16.5. The summed E-state index contributed by atoms with van der Waals surface area (Å²) >= 11 is 0. The number of fused-ring (bicyclic) bond motifs is 1. The molecule has 0 fully saturated rings. The average molecular weight is 266 g/mol. The molecule has 0 aliphatic heterocycles. The third-order valence-corrected chi connectivity index (χ3v) is 3.37. The van der Waals surface area contributed by atoms with Crippen molar-refractivity contribution in [1.82, 2.24) is 9.97 Å². The highest BCUT2D eigenvalue weighted by Crippen LogP contribution is 2.23. The number of aromatic nitrogens is 2. The first-order valence-electron chi connectivity index (χ1n) is 6.32. The zero-order chi connectivity index (χ0) is 14.1. The van der Waals surface area contributed by atoms with Gasteiger partial charge in [0.15, 0.2) is 5.78 Å². The topological polar surface area (TPSA) is 55.0 Å². The summed E-state index contributed by atoms with van der Waals surface area (Å²) in [5, 5.41) is 0.831. The van der Waals surface area contributed by atoms with Gasteiger partial charge in [-0.1, -0.05) is 12.1 Å². The molecule has 100 valence electrons. The fourth-order valence-corrected chi connectivity index (χ4v) is 2.26. The number of carbonyl (C=O) groups excluding carboxylic acids is 1. The molecule has 20 heavy (non-hydrogen) atoms. The van der Waals surface area contributed by atoms with E-state index in [0.717, 1.165) is 16.6 Å². The molecule has 1 aromatic carbocycles. The first-order chi connectivity index (χ1) is 9.70. The van der Waals surface area contributed by atoms with Crippen molar-refractivity contribution in [3.63, 3.8) is 0 Å². The lowest BCUT2D eigenvalue weighted by atomic mass is 10.0. The van der Waals surface area contributed by atoms with Crippen molar-refractivity contribution in [2.24, 2.45) is 0 Å². The number of hydrogen-bond donors (Lipinski definition) is 1. The number of aromatic amines is 1. The van der Waals surface area contributed by atoms with Crippen molar-refractivity contribution in [1.29, 1.82) is 0 Å². The number of rotatable bonds is 3. The quantitative estimate of drug-likeness (QED) is 0.741. The van der Waals surface area contributed by atoms with E-state index < -0.39 is 0 Å². The van der Waals surface area contributed by atoms with Crippen molar-refractivity contribution in [3.05, 3.63) is 59.4 Å². The Morgan fingerprint density at radius 2 is 2.15 bits per heavy atom. The van der Waals surface area contributed by atoms with Gasteiger partial charge in [0.1, 0.15) is 11.4 Å². The summed E-state index contributed by atoms with van der Waals surface area (Å²) in [5.74, 6) is 0.677. The molecule has 4 nitrogen and oxygen atoms in total. The fourth-order valence-electron chi connectivity index (χ4n) is 2.26. The second kappa shape index (κ2) is 4.81. The molecule has 0 bridgehead atoms. The summed E-state index contributed by atoms with van der Waals surface area (Å²) in [6.45, 7) is 1.95. The van der Waals surface area contributed by atoms with Crippen molar-refractivity contribution in [3.8, 4) is 5.75 Å². The van der Waals surface area contributed by atoms with Crippen LogP contribution in [-0.2, 0) is 0 Å². The van der Waals surface area contributed by atoms with Gasteiger partial charge in [-0.25, -0.2) is 4.98 Å². The molecule has 0 saturated heterocycles. The molecule has 0 amide bonds. The van der Waals surface area contributed by atoms with Crippen LogP contribution in [0.1, 0.15) is 21.5 Å². The molecule has 0 aliphatic carbocycles. The zero-order valence-electron chi connectivity index (χ0n) is 11.3. The summed E-state index contributed by atoms with van der Waals surface area (Å²) in [7, 11) is 1.60. The number of ether oxygens (including phenoxy) is 1. The number of methoxy groups -OCH3 is 1. The van der Waals surface area contributed by atoms with E-state index in [2.05, 4.69) is 9.97 Å². The van der Waals surface area contributed by atoms with E-state index in [9.17, 15) is 4.79 Å². The number of ketones is 1. The van der Waals surface area contributed by atoms with Crippen LogP contribution in [0, 0.1) is 6.92 Å². The lowest BCUT2D eigenvalue weighted by molar-refractivity contribution is 0.104. The minimum Gasteiger partial charge on any atom is -0.496 e. The summed E-state index contributed by atoms with van der Waals surface area (Å²) in [5.41, 5.74) is 2.95. The van der Waals surface area contributed by atoms with Gasteiger partial charge >= 0.3 is 0 Å². The number of nitrogens with one attached hydrogen (secondary N) is 1. The molecular weight excluding hydrogens is 252 g/mol. The smallest absolute Gasteiger partial charge is 0.195 e. The Hall–Kier alpha value is -2.62. The minimum absolute atomic E-state index is 0.0393. The van der Waals surface area contributed by atoms with Gasteiger partial charge in [-0.3, -0.25) is 4.79 Å². The molecular formula is C16H14N2O2. The van der Waals surface area contributed by atoms with E-state index in [1.807, 2.05) is 31.2 Å². The van der Waals surface area contributed by atoms with E-state index in [0.29, 0.717) is 16.9 Å². The van der Waals surface area contributed by atoms with Crippen molar-refractivity contribution < 1.29 is 9.53 Å². The molecule has 2 aromatic heterocycles. The van der Waals surface area contributed by atoms with E-state index in [4.69, 9.17) is 4.74 Å². The lowest BCUT2D eigenvalue weighted by Gasteiger charge is -2.06. The van der Waals surface area contributed by atoms with Gasteiger partial charge in [-0.2, -0.15) is 0 Å². The van der Waals surface area contributed by atoms with Gasteiger partial charge < -0.3 is 9.72 Å². The average Bonchev–Trinajstić information content (AvgIpc) is 2.91. The van der Waals surface area contributed by atoms with Crippen molar-refractivity contribution in [2.75, 3.05) is 7.11 Å². The van der Waals surface area contributed by atoms with Gasteiger partial charge in [-0.05, 0) is 30.7 Å². The number of benzene rings is 1. The Morgan fingerprint density at radius 3 is 2.95 bits per heavy atom. The van der Waals surface area contributed by atoms with Crippen LogP contribution in [-0.4, -0.2) is 22.9 Å². The van der Waals surface area contributed by atoms with Gasteiger partial charge in [0.05, 0.1) is 7.11 Å². The normalized spacial score (nSPS) is 10.7. The van der Waals surface area contributed by atoms with Gasteiger partial charge in [-0.15, -0.1) is 0 Å². The maximum atomic E-state index is 12.6. The minimum atomic E-state index is -0.0393. The predicted molar refractivity (Wildman–Crippen MR) is 77.3 cm³/mol. The molecule has 0 unspecified atom stereocenters. The van der Waals surface area contributed by atoms with Crippen LogP contribution in [0.25, 0.3) is 11.0 Å². The third-order valence-electron chi connectivity index (χ3n) is 3.37. The zero-order valence-corrected chi connectivity index (χ0v) is 11.3. The number of H-pyrrole nitrogens is 1. The van der Waals surface area contributed by atoms with Crippen molar-refractivity contribution in [2.45, 2.75) is 6.92 Å². The summed E-state index contributed by atoms with van der Waals surface area (Å²) < 4.78 is 5.27. The Balaban J connectivity index is 2.08. The molecule has 1 N–H and O–H groups in total. The molecule has 0 aliphatic rings. The Kier molecular flexibility index (Phi) is 2.99. The SMILES string of the molecule is COc1cc(C(=O)c2c[nH]c3ncccc23)ccc1C. The molecule has 0 spiro atoms. The number of aryl methyl sites for hydroxylation is 1. The summed E-state index contributed by atoms with van der Waals surface area (Å²) in [6, 6.07) is 9.18. The van der Waals surface area contributed by atoms with Crippen LogP contribution >= 0.6 is 0 Å². The highest BCUT2D eigenvalue weighted by molar-refractivity contribution is 6.16. The molecule has 0 saturated carbocycles. The van der Waals surface area contributed by atoms with E-state index >= 15 is 0 Å². The molecule has 4 heteroatoms. The number of nitrogens with zero attached hydrogens (tertiary/aromatic N) is 1. The largest absolute Gasteiger partial charge is 0.496 e. The van der Waals surface area contributed by atoms with E-state index in [1.54, 1.807) is 25.6 Å². The van der Waals surface area contributed by atoms with Crippen molar-refractivity contribution >= 4 is 16.8 Å². The van der Waals surface area contributed by atoms with Crippen LogP contribution in [0.4, 0.5) is 0 Å². The Bertz CT molecular complexity index is 790. The standard InChI is InChI=1S/C16H14N2O2/c1-10-5-6-11(8-14(10)20-2)15(19)13-9-18-16-12(13)4-3-7-17-16/h3-9H,1-2H3,(H,17,18). The van der Waals surface area contributed by atoms with E-state index in [-0.39, 0.29) is 5.78 Å². The number of carbonyl (C=O) groups is 1. The summed E-state index contributed by atoms with van der Waals surface area (Å²) in [6.07, 6.45) is 3.40. The lowest BCUT2D eigenvalue weighted by Crippen LogP contribution is -2.01. The number of hydrogen-bond acceptors (Lipinski definition) is 3. The maximum absolute atomic E-state index is 12.6. The second-order valence-electron chi connectivity index (χ2n) is 4.62. The Morgan fingerprint density at radius 1 is 1.30 bits per heavy atom. The van der Waals surface area contributed by atoms with Crippen LogP contribution in [0.5, 0.6) is 5.75 Å². The Labute approximate surface area is 116 Å². The maximum Gasteiger partial charge on any atom is 0.195 e. The molecule has 3 aromatic rings.